The van der Waals surface area contributed by atoms with Gasteiger partial charge in [-0.1, -0.05) is 18.2 Å². The SMILES string of the molecule is CN(c1ccccc1)S(=O)(=O)c1ccc(F)c(N2C(=O)Cc3csc(C(=O)O)c3C2=O)c1. The highest BCUT2D eigenvalue weighted by atomic mass is 32.2. The Balaban J connectivity index is 1.79. The van der Waals surface area contributed by atoms with E-state index >= 15 is 0 Å². The summed E-state index contributed by atoms with van der Waals surface area (Å²) in [6, 6.07) is 11.0. The van der Waals surface area contributed by atoms with Gasteiger partial charge in [0.1, 0.15) is 10.7 Å². The van der Waals surface area contributed by atoms with Crippen LogP contribution in [-0.2, 0) is 21.2 Å². The Morgan fingerprint density at radius 3 is 2.50 bits per heavy atom. The molecule has 0 spiro atoms. The fourth-order valence-electron chi connectivity index (χ4n) is 3.39. The third kappa shape index (κ3) is 3.45. The molecule has 164 valence electrons. The van der Waals surface area contributed by atoms with Crippen LogP contribution < -0.4 is 9.21 Å². The average Bonchev–Trinajstić information content (AvgIpc) is 3.19. The summed E-state index contributed by atoms with van der Waals surface area (Å²) >= 11 is 0.794. The molecule has 1 aliphatic rings. The predicted octanol–water partition coefficient (Wildman–Crippen LogP) is 3.14. The minimum absolute atomic E-state index is 0.198. The van der Waals surface area contributed by atoms with E-state index in [1.54, 1.807) is 30.3 Å². The maximum atomic E-state index is 14.7. The second-order valence-electron chi connectivity index (χ2n) is 6.90. The summed E-state index contributed by atoms with van der Waals surface area (Å²) in [5, 5.41) is 10.7. The van der Waals surface area contributed by atoms with Crippen molar-refractivity contribution in [1.82, 2.24) is 0 Å². The molecule has 0 fully saturated rings. The zero-order chi connectivity index (χ0) is 23.2. The highest BCUT2D eigenvalue weighted by Gasteiger charge is 2.38. The van der Waals surface area contributed by atoms with Crippen molar-refractivity contribution in [2.75, 3.05) is 16.3 Å². The zero-order valence-corrected chi connectivity index (χ0v) is 18.1. The molecule has 0 unspecified atom stereocenters. The molecule has 2 aromatic carbocycles. The lowest BCUT2D eigenvalue weighted by Gasteiger charge is -2.27. The quantitative estimate of drug-likeness (QED) is 0.569. The first-order chi connectivity index (χ1) is 15.1. The molecule has 3 aromatic rings. The summed E-state index contributed by atoms with van der Waals surface area (Å²) in [5.41, 5.74) is -0.156. The highest BCUT2D eigenvalue weighted by Crippen LogP contribution is 2.34. The Morgan fingerprint density at radius 2 is 1.84 bits per heavy atom. The molecule has 4 rings (SSSR count). The van der Waals surface area contributed by atoms with Crippen molar-refractivity contribution in [2.45, 2.75) is 11.3 Å². The van der Waals surface area contributed by atoms with Gasteiger partial charge >= 0.3 is 5.97 Å². The number of carboxylic acid groups (broad SMARTS) is 1. The van der Waals surface area contributed by atoms with Gasteiger partial charge in [0, 0.05) is 7.05 Å². The molecule has 2 heterocycles. The second kappa shape index (κ2) is 7.84. The Kier molecular flexibility index (Phi) is 5.31. The standard InChI is InChI=1S/C21H15FN2O6S2/c1-23(13-5-3-2-4-6-13)32(29,30)14-7-8-15(22)16(10-14)24-17(25)9-12-11-31-19(21(27)28)18(12)20(24)26/h2-8,10-11H,9H2,1H3,(H,27,28). The van der Waals surface area contributed by atoms with Gasteiger partial charge in [-0.3, -0.25) is 13.9 Å². The molecule has 0 bridgehead atoms. The van der Waals surface area contributed by atoms with Gasteiger partial charge in [-0.25, -0.2) is 22.5 Å². The van der Waals surface area contributed by atoms with Crippen molar-refractivity contribution in [3.05, 3.63) is 75.7 Å². The fraction of sp³-hybridized carbons (Fsp3) is 0.0952. The molecule has 2 amide bonds. The number of rotatable bonds is 5. The largest absolute Gasteiger partial charge is 0.477 e. The van der Waals surface area contributed by atoms with E-state index in [1.807, 2.05) is 0 Å². The highest BCUT2D eigenvalue weighted by molar-refractivity contribution is 7.92. The second-order valence-corrected chi connectivity index (χ2v) is 9.75. The number of carbonyl (C=O) groups excluding carboxylic acids is 2. The molecule has 1 aromatic heterocycles. The van der Waals surface area contributed by atoms with Crippen LogP contribution in [0.25, 0.3) is 0 Å². The molecule has 8 nitrogen and oxygen atoms in total. The Hall–Kier alpha value is -3.57. The zero-order valence-electron chi connectivity index (χ0n) is 16.5. The summed E-state index contributed by atoms with van der Waals surface area (Å²) in [4.78, 5) is 37.0. The van der Waals surface area contributed by atoms with Gasteiger partial charge in [0.2, 0.25) is 5.91 Å². The number of amides is 2. The van der Waals surface area contributed by atoms with Gasteiger partial charge in [0.25, 0.3) is 15.9 Å². The predicted molar refractivity (Wildman–Crippen MR) is 115 cm³/mol. The van der Waals surface area contributed by atoms with Gasteiger partial charge in [0.15, 0.2) is 0 Å². The number of carbonyl (C=O) groups is 3. The molecule has 0 aliphatic carbocycles. The minimum Gasteiger partial charge on any atom is -0.477 e. The summed E-state index contributed by atoms with van der Waals surface area (Å²) in [6.45, 7) is 0. The third-order valence-corrected chi connectivity index (χ3v) is 7.80. The first-order valence-corrected chi connectivity index (χ1v) is 11.5. The number of nitrogens with zero attached hydrogens (tertiary/aromatic N) is 2. The van der Waals surface area contributed by atoms with Crippen LogP contribution in [0, 0.1) is 5.82 Å². The lowest BCUT2D eigenvalue weighted by atomic mass is 10.0. The van der Waals surface area contributed by atoms with Crippen LogP contribution in [0.15, 0.2) is 58.8 Å². The number of imide groups is 1. The topological polar surface area (TPSA) is 112 Å². The first-order valence-electron chi connectivity index (χ1n) is 9.17. The number of halogens is 1. The fourth-order valence-corrected chi connectivity index (χ4v) is 5.50. The molecule has 32 heavy (non-hydrogen) atoms. The van der Waals surface area contributed by atoms with E-state index in [-0.39, 0.29) is 27.3 Å². The third-order valence-electron chi connectivity index (χ3n) is 5.01. The summed E-state index contributed by atoms with van der Waals surface area (Å²) < 4.78 is 41.9. The number of carboxylic acids is 1. The molecule has 0 saturated heterocycles. The number of aromatic carboxylic acids is 1. The van der Waals surface area contributed by atoms with Crippen LogP contribution in [0.1, 0.15) is 25.6 Å². The molecule has 0 atom stereocenters. The molecule has 0 radical (unpaired) electrons. The number of hydrogen-bond acceptors (Lipinski definition) is 6. The smallest absolute Gasteiger partial charge is 0.346 e. The summed E-state index contributed by atoms with van der Waals surface area (Å²) in [7, 11) is -2.83. The van der Waals surface area contributed by atoms with Crippen molar-refractivity contribution >= 4 is 50.5 Å². The molecule has 11 heteroatoms. The lowest BCUT2D eigenvalue weighted by Crippen LogP contribution is -2.43. The van der Waals surface area contributed by atoms with Gasteiger partial charge in [-0.05, 0) is 41.3 Å². The van der Waals surface area contributed by atoms with Crippen LogP contribution in [0.2, 0.25) is 0 Å². The molecule has 0 saturated carbocycles. The molecular weight excluding hydrogens is 459 g/mol. The van der Waals surface area contributed by atoms with Gasteiger partial charge in [-0.2, -0.15) is 0 Å². The molecule has 1 N–H and O–H groups in total. The van der Waals surface area contributed by atoms with Gasteiger partial charge in [-0.15, -0.1) is 11.3 Å². The van der Waals surface area contributed by atoms with Crippen molar-refractivity contribution in [1.29, 1.82) is 0 Å². The van der Waals surface area contributed by atoms with Gasteiger partial charge < -0.3 is 5.11 Å². The van der Waals surface area contributed by atoms with E-state index in [9.17, 15) is 32.3 Å². The van der Waals surface area contributed by atoms with Crippen molar-refractivity contribution < 1.29 is 32.3 Å². The Morgan fingerprint density at radius 1 is 1.16 bits per heavy atom. The van der Waals surface area contributed by atoms with E-state index in [2.05, 4.69) is 0 Å². The van der Waals surface area contributed by atoms with E-state index in [1.165, 1.54) is 12.4 Å². The van der Waals surface area contributed by atoms with Crippen LogP contribution >= 0.6 is 11.3 Å². The van der Waals surface area contributed by atoms with Crippen molar-refractivity contribution in [3.8, 4) is 0 Å². The summed E-state index contributed by atoms with van der Waals surface area (Å²) in [5.74, 6) is -4.15. The van der Waals surface area contributed by atoms with Crippen LogP contribution in [0.3, 0.4) is 0 Å². The lowest BCUT2D eigenvalue weighted by molar-refractivity contribution is -0.117. The Bertz CT molecular complexity index is 1370. The number of thiophene rings is 1. The maximum absolute atomic E-state index is 14.7. The first kappa shape index (κ1) is 21.7. The van der Waals surface area contributed by atoms with Crippen LogP contribution in [0.4, 0.5) is 15.8 Å². The number of para-hydroxylation sites is 1. The van der Waals surface area contributed by atoms with E-state index < -0.39 is 39.3 Å². The molecular formula is C21H15FN2O6S2. The van der Waals surface area contributed by atoms with Crippen molar-refractivity contribution in [2.24, 2.45) is 0 Å². The average molecular weight is 474 g/mol. The minimum atomic E-state index is -4.15. The number of fused-ring (bicyclic) bond motifs is 1. The van der Waals surface area contributed by atoms with Gasteiger partial charge in [0.05, 0.1) is 28.3 Å². The number of hydrogen-bond donors (Lipinski definition) is 1. The number of anilines is 2. The van der Waals surface area contributed by atoms with E-state index in [4.69, 9.17) is 0 Å². The monoisotopic (exact) mass is 474 g/mol. The maximum Gasteiger partial charge on any atom is 0.346 e. The van der Waals surface area contributed by atoms with E-state index in [0.29, 0.717) is 10.6 Å². The normalized spacial score (nSPS) is 13.8. The Labute approximate surface area is 186 Å². The van der Waals surface area contributed by atoms with Crippen LogP contribution in [-0.4, -0.2) is 38.4 Å². The molecule has 1 aliphatic heterocycles. The van der Waals surface area contributed by atoms with E-state index in [0.717, 1.165) is 33.8 Å². The summed E-state index contributed by atoms with van der Waals surface area (Å²) in [6.07, 6.45) is -0.314. The number of benzene rings is 2. The number of sulfonamides is 1. The van der Waals surface area contributed by atoms with Crippen molar-refractivity contribution in [3.63, 3.8) is 0 Å². The van der Waals surface area contributed by atoms with Crippen LogP contribution in [0.5, 0.6) is 0 Å².